The van der Waals surface area contributed by atoms with E-state index in [1.165, 1.54) is 9.44 Å². The summed E-state index contributed by atoms with van der Waals surface area (Å²) in [5.74, 6) is 0.630. The van der Waals surface area contributed by atoms with Crippen molar-refractivity contribution >= 4 is 31.1 Å². The first-order chi connectivity index (χ1) is 8.48. The maximum atomic E-state index is 11.2. The number of hydrogen-bond donors (Lipinski definition) is 0. The Bertz CT molecular complexity index is 620. The number of thiophene rings is 1. The summed E-state index contributed by atoms with van der Waals surface area (Å²) in [6, 6.07) is 4.09. The van der Waals surface area contributed by atoms with E-state index >= 15 is 0 Å². The zero-order valence-corrected chi connectivity index (χ0v) is 12.1. The average Bonchev–Trinajstić information content (AvgIpc) is 2.88. The first kappa shape index (κ1) is 13.5. The molecule has 0 amide bonds. The standard InChI is InChI=1S/C10H12ClN3O2S2/c1-14-9(12-13-10(14)18(11,15)16)6-2-4-8-5-3-7-17-8/h3,5,7H,2,4,6H2,1H3. The van der Waals surface area contributed by atoms with Gasteiger partial charge >= 0.3 is 0 Å². The van der Waals surface area contributed by atoms with Gasteiger partial charge in [-0.15, -0.1) is 21.5 Å². The number of nitrogens with zero attached hydrogens (tertiary/aromatic N) is 3. The number of hydrogen-bond acceptors (Lipinski definition) is 5. The second-order valence-corrected chi connectivity index (χ2v) is 7.32. The van der Waals surface area contributed by atoms with Crippen molar-refractivity contribution in [3.8, 4) is 0 Å². The molecule has 0 aliphatic heterocycles. The number of aryl methyl sites for hydroxylation is 2. The quantitative estimate of drug-likeness (QED) is 0.792. The highest BCUT2D eigenvalue weighted by Gasteiger charge is 2.19. The largest absolute Gasteiger partial charge is 0.304 e. The van der Waals surface area contributed by atoms with Crippen LogP contribution in [-0.2, 0) is 28.9 Å². The smallest absolute Gasteiger partial charge is 0.296 e. The van der Waals surface area contributed by atoms with Crippen molar-refractivity contribution < 1.29 is 8.42 Å². The van der Waals surface area contributed by atoms with Crippen LogP contribution in [0.2, 0.25) is 0 Å². The summed E-state index contributed by atoms with van der Waals surface area (Å²) in [7, 11) is 3.03. The van der Waals surface area contributed by atoms with Crippen molar-refractivity contribution in [2.45, 2.75) is 24.4 Å². The highest BCUT2D eigenvalue weighted by atomic mass is 35.7. The Morgan fingerprint density at radius 1 is 1.39 bits per heavy atom. The number of aromatic nitrogens is 3. The third kappa shape index (κ3) is 3.09. The number of rotatable bonds is 5. The molecule has 0 aliphatic carbocycles. The minimum absolute atomic E-state index is 0.199. The predicted octanol–water partition coefficient (Wildman–Crippen LogP) is 1.98. The fraction of sp³-hybridized carbons (Fsp3) is 0.400. The lowest BCUT2D eigenvalue weighted by Crippen LogP contribution is -2.05. The van der Waals surface area contributed by atoms with Crippen molar-refractivity contribution in [2.75, 3.05) is 0 Å². The molecule has 0 aliphatic rings. The van der Waals surface area contributed by atoms with E-state index in [9.17, 15) is 8.42 Å². The van der Waals surface area contributed by atoms with Crippen molar-refractivity contribution in [3.05, 3.63) is 28.2 Å². The molecule has 0 saturated carbocycles. The first-order valence-electron chi connectivity index (χ1n) is 5.34. The molecule has 2 heterocycles. The molecule has 0 radical (unpaired) electrons. The zero-order valence-electron chi connectivity index (χ0n) is 9.71. The molecule has 2 rings (SSSR count). The van der Waals surface area contributed by atoms with Gasteiger partial charge in [0.15, 0.2) is 0 Å². The average molecular weight is 306 g/mol. The molecule has 0 bridgehead atoms. The summed E-state index contributed by atoms with van der Waals surface area (Å²) in [6.45, 7) is 0. The van der Waals surface area contributed by atoms with Crippen LogP contribution >= 0.6 is 22.0 Å². The Hall–Kier alpha value is -0.920. The molecule has 0 saturated heterocycles. The summed E-state index contributed by atoms with van der Waals surface area (Å²) in [6.07, 6.45) is 2.52. The Morgan fingerprint density at radius 2 is 2.17 bits per heavy atom. The lowest BCUT2D eigenvalue weighted by molar-refractivity contribution is 0.589. The van der Waals surface area contributed by atoms with Gasteiger partial charge in [0.25, 0.3) is 14.2 Å². The third-order valence-electron chi connectivity index (χ3n) is 2.55. The molecule has 98 valence electrons. The summed E-state index contributed by atoms with van der Waals surface area (Å²) in [4.78, 5) is 1.31. The topological polar surface area (TPSA) is 64.8 Å². The van der Waals surface area contributed by atoms with E-state index in [1.54, 1.807) is 18.4 Å². The minimum atomic E-state index is -3.82. The third-order valence-corrected chi connectivity index (χ3v) is 4.69. The fourth-order valence-corrected chi connectivity index (χ4v) is 3.38. The van der Waals surface area contributed by atoms with E-state index in [0.717, 1.165) is 12.8 Å². The Labute approximate surface area is 114 Å². The summed E-state index contributed by atoms with van der Waals surface area (Å²) in [5, 5.41) is 9.29. The van der Waals surface area contributed by atoms with Gasteiger partial charge in [0, 0.05) is 29.0 Å². The SMILES string of the molecule is Cn1c(CCCc2cccs2)nnc1S(=O)(=O)Cl. The van der Waals surface area contributed by atoms with E-state index < -0.39 is 9.05 Å². The maximum absolute atomic E-state index is 11.2. The molecule has 0 aromatic carbocycles. The van der Waals surface area contributed by atoms with Crippen LogP contribution in [0, 0.1) is 0 Å². The van der Waals surface area contributed by atoms with Crippen LogP contribution in [0.15, 0.2) is 22.7 Å². The van der Waals surface area contributed by atoms with Crippen LogP contribution in [0.5, 0.6) is 0 Å². The van der Waals surface area contributed by atoms with Crippen molar-refractivity contribution in [1.29, 1.82) is 0 Å². The minimum Gasteiger partial charge on any atom is -0.304 e. The van der Waals surface area contributed by atoms with Crippen LogP contribution in [0.25, 0.3) is 0 Å². The van der Waals surface area contributed by atoms with Crippen molar-refractivity contribution in [1.82, 2.24) is 14.8 Å². The molecule has 0 spiro atoms. The summed E-state index contributed by atoms with van der Waals surface area (Å²) < 4.78 is 23.8. The monoisotopic (exact) mass is 305 g/mol. The predicted molar refractivity (Wildman–Crippen MR) is 70.4 cm³/mol. The normalized spacial score (nSPS) is 11.9. The van der Waals surface area contributed by atoms with Gasteiger partial charge in [-0.3, -0.25) is 0 Å². The molecule has 0 N–H and O–H groups in total. The maximum Gasteiger partial charge on any atom is 0.296 e. The van der Waals surface area contributed by atoms with Crippen LogP contribution in [0.3, 0.4) is 0 Å². The van der Waals surface area contributed by atoms with Gasteiger partial charge in [0.1, 0.15) is 5.82 Å². The van der Waals surface area contributed by atoms with Crippen LogP contribution in [-0.4, -0.2) is 23.2 Å². The van der Waals surface area contributed by atoms with E-state index in [1.807, 2.05) is 11.4 Å². The second kappa shape index (κ2) is 5.38. The zero-order chi connectivity index (χ0) is 13.2. The molecule has 18 heavy (non-hydrogen) atoms. The van der Waals surface area contributed by atoms with E-state index in [0.29, 0.717) is 12.2 Å². The van der Waals surface area contributed by atoms with E-state index in [2.05, 4.69) is 16.3 Å². The van der Waals surface area contributed by atoms with Crippen LogP contribution in [0.1, 0.15) is 17.1 Å². The molecule has 5 nitrogen and oxygen atoms in total. The summed E-state index contributed by atoms with van der Waals surface area (Å²) >= 11 is 1.71. The molecule has 2 aromatic heterocycles. The van der Waals surface area contributed by atoms with Crippen LogP contribution < -0.4 is 0 Å². The lowest BCUT2D eigenvalue weighted by Gasteiger charge is -2.01. The van der Waals surface area contributed by atoms with Crippen molar-refractivity contribution in [3.63, 3.8) is 0 Å². The van der Waals surface area contributed by atoms with Gasteiger partial charge in [-0.2, -0.15) is 0 Å². The lowest BCUT2D eigenvalue weighted by atomic mass is 10.2. The van der Waals surface area contributed by atoms with Gasteiger partial charge in [0.2, 0.25) is 0 Å². The van der Waals surface area contributed by atoms with Gasteiger partial charge in [-0.1, -0.05) is 6.07 Å². The highest BCUT2D eigenvalue weighted by Crippen LogP contribution is 2.15. The Morgan fingerprint density at radius 3 is 2.72 bits per heavy atom. The van der Waals surface area contributed by atoms with E-state index in [-0.39, 0.29) is 5.16 Å². The molecule has 0 unspecified atom stereocenters. The van der Waals surface area contributed by atoms with E-state index in [4.69, 9.17) is 10.7 Å². The van der Waals surface area contributed by atoms with Gasteiger partial charge in [-0.25, -0.2) is 8.42 Å². The fourth-order valence-electron chi connectivity index (χ4n) is 1.65. The number of halogens is 1. The molecule has 8 heteroatoms. The molecule has 0 atom stereocenters. The summed E-state index contributed by atoms with van der Waals surface area (Å²) in [5.41, 5.74) is 0. The molecule has 0 fully saturated rings. The van der Waals surface area contributed by atoms with Gasteiger partial charge < -0.3 is 4.57 Å². The van der Waals surface area contributed by atoms with Gasteiger partial charge in [-0.05, 0) is 24.3 Å². The van der Waals surface area contributed by atoms with Crippen molar-refractivity contribution in [2.24, 2.45) is 7.05 Å². The molecular weight excluding hydrogens is 294 g/mol. The Balaban J connectivity index is 2.00. The van der Waals surface area contributed by atoms with Crippen LogP contribution in [0.4, 0.5) is 0 Å². The molecular formula is C10H12ClN3O2S2. The highest BCUT2D eigenvalue weighted by molar-refractivity contribution is 8.13. The Kier molecular flexibility index (Phi) is 4.04. The molecule has 2 aromatic rings. The van der Waals surface area contributed by atoms with Gasteiger partial charge in [0.05, 0.1) is 0 Å². The second-order valence-electron chi connectivity index (χ2n) is 3.83. The first-order valence-corrected chi connectivity index (χ1v) is 8.52.